The van der Waals surface area contributed by atoms with Crippen molar-refractivity contribution in [2.45, 2.75) is 25.5 Å². The molecule has 2 aromatic rings. The number of aromatic nitrogens is 2. The molecule has 0 aliphatic heterocycles. The first-order valence-electron chi connectivity index (χ1n) is 8.33. The molecule has 7 nitrogen and oxygen atoms in total. The number of thioether (sulfide) groups is 1. The molecular weight excluding hydrogens is 366 g/mol. The Morgan fingerprint density at radius 2 is 2.15 bits per heavy atom. The lowest BCUT2D eigenvalue weighted by Crippen LogP contribution is -2.28. The second-order valence-corrected chi connectivity index (χ2v) is 7.14. The monoisotopic (exact) mass is 387 g/mol. The molecule has 27 heavy (non-hydrogen) atoms. The fourth-order valence-corrected chi connectivity index (χ4v) is 3.25. The van der Waals surface area contributed by atoms with Crippen LogP contribution in [0.4, 0.5) is 0 Å². The number of fused-ring (bicyclic) bond motifs is 1. The molecule has 2 rings (SSSR count). The Morgan fingerprint density at radius 1 is 1.41 bits per heavy atom. The maximum atomic E-state index is 12.9. The van der Waals surface area contributed by atoms with Crippen LogP contribution in [-0.2, 0) is 16.1 Å². The number of carbonyl (C=O) groups excluding carboxylic acids is 2. The number of esters is 1. The molecule has 0 fully saturated rings. The minimum Gasteiger partial charge on any atom is -0.465 e. The van der Waals surface area contributed by atoms with Crippen molar-refractivity contribution in [3.8, 4) is 12.3 Å². The number of rotatable bonds is 7. The topological polar surface area (TPSA) is 90.3 Å². The van der Waals surface area contributed by atoms with Crippen LogP contribution in [0, 0.1) is 18.3 Å². The Kier molecular flexibility index (Phi) is 7.02. The lowest BCUT2D eigenvalue weighted by atomic mass is 10.1. The molecule has 0 aliphatic carbocycles. The van der Waals surface area contributed by atoms with Gasteiger partial charge < -0.3 is 10.1 Å². The second-order valence-electron chi connectivity index (χ2n) is 6.20. The molecular formula is C19H21N3O4S. The fraction of sp³-hybridized carbons (Fsp3) is 0.368. The average Bonchev–Trinajstić information content (AvgIpc) is 2.65. The number of nitrogens with zero attached hydrogens (tertiary/aromatic N) is 2. The average molecular weight is 387 g/mol. The third-order valence-corrected chi connectivity index (χ3v) is 4.59. The molecule has 0 saturated heterocycles. The van der Waals surface area contributed by atoms with Crippen LogP contribution in [0.3, 0.4) is 0 Å². The van der Waals surface area contributed by atoms with Gasteiger partial charge in [-0.2, -0.15) is 0 Å². The summed E-state index contributed by atoms with van der Waals surface area (Å²) in [6, 6.07) is 4.63. The smallest absolute Gasteiger partial charge is 0.337 e. The van der Waals surface area contributed by atoms with E-state index in [4.69, 9.17) is 11.2 Å². The summed E-state index contributed by atoms with van der Waals surface area (Å²) in [4.78, 5) is 41.0. The van der Waals surface area contributed by atoms with Gasteiger partial charge in [-0.1, -0.05) is 31.5 Å². The van der Waals surface area contributed by atoms with Gasteiger partial charge in [0.25, 0.3) is 5.56 Å². The largest absolute Gasteiger partial charge is 0.465 e. The lowest BCUT2D eigenvalue weighted by molar-refractivity contribution is -0.118. The van der Waals surface area contributed by atoms with Crippen LogP contribution in [0.25, 0.3) is 10.9 Å². The van der Waals surface area contributed by atoms with E-state index in [-0.39, 0.29) is 29.7 Å². The molecule has 8 heteroatoms. The van der Waals surface area contributed by atoms with Crippen LogP contribution < -0.4 is 10.9 Å². The van der Waals surface area contributed by atoms with Gasteiger partial charge in [0.15, 0.2) is 5.16 Å². The van der Waals surface area contributed by atoms with E-state index < -0.39 is 5.97 Å². The Balaban J connectivity index is 2.47. The van der Waals surface area contributed by atoms with Crippen LogP contribution in [0.2, 0.25) is 0 Å². The van der Waals surface area contributed by atoms with Crippen LogP contribution >= 0.6 is 11.8 Å². The van der Waals surface area contributed by atoms with Crippen molar-refractivity contribution >= 4 is 34.5 Å². The summed E-state index contributed by atoms with van der Waals surface area (Å²) < 4.78 is 6.27. The second kappa shape index (κ2) is 9.24. The van der Waals surface area contributed by atoms with Gasteiger partial charge in [0.1, 0.15) is 0 Å². The number of carbonyl (C=O) groups is 2. The van der Waals surface area contributed by atoms with Crippen molar-refractivity contribution in [2.75, 3.05) is 19.4 Å². The minimum absolute atomic E-state index is 0.0778. The third kappa shape index (κ3) is 5.11. The highest BCUT2D eigenvalue weighted by atomic mass is 32.2. The first-order valence-corrected chi connectivity index (χ1v) is 9.31. The summed E-state index contributed by atoms with van der Waals surface area (Å²) in [5.41, 5.74) is 0.479. The summed E-state index contributed by atoms with van der Waals surface area (Å²) in [5.74, 6) is 1.88. The Bertz CT molecular complexity index is 960. The molecule has 1 aromatic heterocycles. The molecule has 1 amide bonds. The van der Waals surface area contributed by atoms with Crippen molar-refractivity contribution in [3.05, 3.63) is 34.1 Å². The van der Waals surface area contributed by atoms with Crippen molar-refractivity contribution in [3.63, 3.8) is 0 Å². The van der Waals surface area contributed by atoms with Gasteiger partial charge >= 0.3 is 5.97 Å². The highest BCUT2D eigenvalue weighted by molar-refractivity contribution is 7.99. The number of terminal acetylenes is 1. The maximum Gasteiger partial charge on any atom is 0.337 e. The zero-order chi connectivity index (χ0) is 20.0. The number of benzene rings is 1. The van der Waals surface area contributed by atoms with E-state index in [9.17, 15) is 14.4 Å². The molecule has 1 heterocycles. The summed E-state index contributed by atoms with van der Waals surface area (Å²) >= 11 is 1.15. The van der Waals surface area contributed by atoms with E-state index in [1.165, 1.54) is 19.2 Å². The summed E-state index contributed by atoms with van der Waals surface area (Å²) in [5, 5.41) is 3.40. The molecule has 0 unspecified atom stereocenters. The molecule has 0 spiro atoms. The zero-order valence-corrected chi connectivity index (χ0v) is 16.3. The quantitative estimate of drug-likeness (QED) is 0.336. The molecule has 0 radical (unpaired) electrons. The maximum absolute atomic E-state index is 12.9. The van der Waals surface area contributed by atoms with Gasteiger partial charge in [-0.3, -0.25) is 14.2 Å². The molecule has 0 bridgehead atoms. The first-order chi connectivity index (χ1) is 12.9. The predicted octanol–water partition coefficient (Wildman–Crippen LogP) is 1.68. The Hall–Kier alpha value is -2.79. The van der Waals surface area contributed by atoms with E-state index in [0.717, 1.165) is 11.8 Å². The van der Waals surface area contributed by atoms with Crippen molar-refractivity contribution in [1.29, 1.82) is 0 Å². The zero-order valence-electron chi connectivity index (χ0n) is 15.4. The number of hydrogen-bond donors (Lipinski definition) is 1. The Morgan fingerprint density at radius 3 is 2.78 bits per heavy atom. The summed E-state index contributed by atoms with van der Waals surface area (Å²) in [6.07, 6.45) is 5.13. The van der Waals surface area contributed by atoms with Gasteiger partial charge in [-0.25, -0.2) is 9.78 Å². The molecule has 0 aliphatic rings. The molecule has 1 aromatic carbocycles. The Labute approximate surface area is 161 Å². The van der Waals surface area contributed by atoms with Crippen LogP contribution in [0.15, 0.2) is 28.2 Å². The molecule has 0 atom stereocenters. The van der Waals surface area contributed by atoms with Gasteiger partial charge in [0.2, 0.25) is 5.91 Å². The molecule has 0 saturated carbocycles. The van der Waals surface area contributed by atoms with Crippen LogP contribution in [0.5, 0.6) is 0 Å². The number of ether oxygens (including phenoxy) is 1. The van der Waals surface area contributed by atoms with Crippen molar-refractivity contribution in [1.82, 2.24) is 14.9 Å². The normalized spacial score (nSPS) is 10.6. The summed E-state index contributed by atoms with van der Waals surface area (Å²) in [7, 11) is 1.29. The van der Waals surface area contributed by atoms with Gasteiger partial charge in [0, 0.05) is 6.54 Å². The van der Waals surface area contributed by atoms with Crippen LogP contribution in [0.1, 0.15) is 24.2 Å². The van der Waals surface area contributed by atoms with E-state index in [1.54, 1.807) is 10.6 Å². The van der Waals surface area contributed by atoms with Crippen LogP contribution in [-0.4, -0.2) is 40.8 Å². The third-order valence-electron chi connectivity index (χ3n) is 3.61. The molecule has 142 valence electrons. The van der Waals surface area contributed by atoms with Crippen molar-refractivity contribution in [2.24, 2.45) is 5.92 Å². The fourth-order valence-electron chi connectivity index (χ4n) is 2.41. The predicted molar refractivity (Wildman–Crippen MR) is 105 cm³/mol. The summed E-state index contributed by atoms with van der Waals surface area (Å²) in [6.45, 7) is 4.59. The highest BCUT2D eigenvalue weighted by Gasteiger charge is 2.16. The minimum atomic E-state index is -0.507. The standard InChI is InChI=1S/C19H21N3O4S/c1-5-8-20-16(23)11-27-19-21-15-9-13(18(25)26-4)6-7-14(15)17(24)22(19)10-12(2)3/h1,6-7,9,12H,8,10-11H2,2-4H3,(H,20,23). The van der Waals surface area contributed by atoms with E-state index in [0.29, 0.717) is 28.2 Å². The van der Waals surface area contributed by atoms with Gasteiger partial charge in [-0.15, -0.1) is 6.42 Å². The highest BCUT2D eigenvalue weighted by Crippen LogP contribution is 2.20. The van der Waals surface area contributed by atoms with E-state index in [2.05, 4.69) is 16.2 Å². The van der Waals surface area contributed by atoms with E-state index in [1.807, 2.05) is 13.8 Å². The van der Waals surface area contributed by atoms with Gasteiger partial charge in [-0.05, 0) is 24.1 Å². The number of hydrogen-bond acceptors (Lipinski definition) is 6. The lowest BCUT2D eigenvalue weighted by Gasteiger charge is -2.15. The number of amides is 1. The molecule has 1 N–H and O–H groups in total. The van der Waals surface area contributed by atoms with Gasteiger partial charge in [0.05, 0.1) is 35.9 Å². The number of nitrogens with one attached hydrogen (secondary N) is 1. The van der Waals surface area contributed by atoms with Crippen molar-refractivity contribution < 1.29 is 14.3 Å². The first kappa shape index (κ1) is 20.5. The van der Waals surface area contributed by atoms with E-state index >= 15 is 0 Å². The SMILES string of the molecule is C#CCNC(=O)CSc1nc2cc(C(=O)OC)ccc2c(=O)n1CC(C)C. The number of methoxy groups -OCH3 is 1.